The van der Waals surface area contributed by atoms with Crippen molar-refractivity contribution >= 4 is 16.8 Å². The fourth-order valence-electron chi connectivity index (χ4n) is 2.43. The minimum absolute atomic E-state index is 0.00374. The summed E-state index contributed by atoms with van der Waals surface area (Å²) in [6, 6.07) is 5.60. The normalized spacial score (nSPS) is 12.3. The zero-order valence-corrected chi connectivity index (χ0v) is 12.7. The van der Waals surface area contributed by atoms with Crippen molar-refractivity contribution in [3.8, 4) is 0 Å². The molecule has 1 aromatic carbocycles. The van der Waals surface area contributed by atoms with E-state index < -0.39 is 0 Å². The summed E-state index contributed by atoms with van der Waals surface area (Å²) in [5, 5.41) is 3.44. The van der Waals surface area contributed by atoms with E-state index in [0.29, 0.717) is 10.9 Å². The van der Waals surface area contributed by atoms with Gasteiger partial charge in [-0.2, -0.15) is 0 Å². The molecule has 0 saturated carbocycles. The fourth-order valence-corrected chi connectivity index (χ4v) is 2.43. The van der Waals surface area contributed by atoms with E-state index in [1.165, 1.54) is 10.9 Å². The summed E-state index contributed by atoms with van der Waals surface area (Å²) in [6.45, 7) is 5.96. The smallest absolute Gasteiger partial charge is 0.261 e. The van der Waals surface area contributed by atoms with E-state index in [-0.39, 0.29) is 24.1 Å². The van der Waals surface area contributed by atoms with Crippen LogP contribution in [0.25, 0.3) is 10.9 Å². The highest BCUT2D eigenvalue weighted by molar-refractivity contribution is 5.81. The Morgan fingerprint density at radius 3 is 2.90 bits per heavy atom. The lowest BCUT2D eigenvalue weighted by atomic mass is 10.1. The van der Waals surface area contributed by atoms with Gasteiger partial charge in [0, 0.05) is 6.04 Å². The Labute approximate surface area is 124 Å². The molecule has 2 aromatic rings. The average molecular weight is 287 g/mol. The number of rotatable bonds is 5. The molecule has 112 valence electrons. The van der Waals surface area contributed by atoms with Gasteiger partial charge >= 0.3 is 0 Å². The van der Waals surface area contributed by atoms with Crippen LogP contribution >= 0.6 is 0 Å². The predicted molar refractivity (Wildman–Crippen MR) is 83.3 cm³/mol. The molecule has 0 radical (unpaired) electrons. The van der Waals surface area contributed by atoms with Crippen LogP contribution < -0.4 is 10.9 Å². The van der Waals surface area contributed by atoms with Gasteiger partial charge in [0.25, 0.3) is 5.56 Å². The Balaban J connectivity index is 2.22. The van der Waals surface area contributed by atoms with Crippen LogP contribution in [0.5, 0.6) is 0 Å². The quantitative estimate of drug-likeness (QED) is 0.915. The highest BCUT2D eigenvalue weighted by Gasteiger charge is 2.10. The SMILES string of the molecule is CCC[C@@H](C)NC(=O)Cn1cnc2c(C)cccc2c1=O. The van der Waals surface area contributed by atoms with E-state index >= 15 is 0 Å². The molecule has 5 heteroatoms. The Bertz CT molecular complexity index is 706. The first-order valence-corrected chi connectivity index (χ1v) is 7.27. The lowest BCUT2D eigenvalue weighted by molar-refractivity contribution is -0.122. The van der Waals surface area contributed by atoms with Crippen LogP contribution in [-0.2, 0) is 11.3 Å². The van der Waals surface area contributed by atoms with E-state index in [1.807, 2.05) is 26.0 Å². The predicted octanol–water partition coefficient (Wildman–Crippen LogP) is 2.01. The van der Waals surface area contributed by atoms with E-state index in [9.17, 15) is 9.59 Å². The summed E-state index contributed by atoms with van der Waals surface area (Å²) in [5.74, 6) is -0.160. The zero-order valence-electron chi connectivity index (χ0n) is 12.7. The van der Waals surface area contributed by atoms with E-state index in [1.54, 1.807) is 6.07 Å². The number of hydrogen-bond acceptors (Lipinski definition) is 3. The van der Waals surface area contributed by atoms with Crippen molar-refractivity contribution in [2.75, 3.05) is 0 Å². The van der Waals surface area contributed by atoms with Crippen LogP contribution in [0, 0.1) is 6.92 Å². The molecule has 0 bridgehead atoms. The molecule has 5 nitrogen and oxygen atoms in total. The molecule has 0 unspecified atom stereocenters. The Kier molecular flexibility index (Phi) is 4.73. The van der Waals surface area contributed by atoms with Crippen molar-refractivity contribution in [1.29, 1.82) is 0 Å². The van der Waals surface area contributed by atoms with Crippen LogP contribution in [0.4, 0.5) is 0 Å². The van der Waals surface area contributed by atoms with Crippen molar-refractivity contribution in [3.63, 3.8) is 0 Å². The lowest BCUT2D eigenvalue weighted by Crippen LogP contribution is -2.37. The summed E-state index contributed by atoms with van der Waals surface area (Å²) in [5.41, 5.74) is 1.47. The number of aromatic nitrogens is 2. The minimum Gasteiger partial charge on any atom is -0.352 e. The summed E-state index contributed by atoms with van der Waals surface area (Å²) >= 11 is 0. The number of benzene rings is 1. The Morgan fingerprint density at radius 2 is 2.19 bits per heavy atom. The maximum Gasteiger partial charge on any atom is 0.261 e. The third-order valence-corrected chi connectivity index (χ3v) is 3.50. The van der Waals surface area contributed by atoms with E-state index in [2.05, 4.69) is 17.2 Å². The zero-order chi connectivity index (χ0) is 15.4. The number of amides is 1. The van der Waals surface area contributed by atoms with Crippen molar-refractivity contribution in [2.45, 2.75) is 46.2 Å². The molecule has 0 fully saturated rings. The summed E-state index contributed by atoms with van der Waals surface area (Å²) in [4.78, 5) is 28.6. The first kappa shape index (κ1) is 15.2. The molecule has 2 rings (SSSR count). The van der Waals surface area contributed by atoms with Gasteiger partial charge in [0.05, 0.1) is 17.2 Å². The lowest BCUT2D eigenvalue weighted by Gasteiger charge is -2.13. The first-order chi connectivity index (χ1) is 10.0. The van der Waals surface area contributed by atoms with Gasteiger partial charge in [0.2, 0.25) is 5.91 Å². The van der Waals surface area contributed by atoms with Crippen LogP contribution in [0.2, 0.25) is 0 Å². The van der Waals surface area contributed by atoms with E-state index in [0.717, 1.165) is 18.4 Å². The number of carbonyl (C=O) groups is 1. The molecule has 0 spiro atoms. The number of para-hydroxylation sites is 1. The average Bonchev–Trinajstić information content (AvgIpc) is 2.43. The van der Waals surface area contributed by atoms with E-state index in [4.69, 9.17) is 0 Å². The Morgan fingerprint density at radius 1 is 1.43 bits per heavy atom. The largest absolute Gasteiger partial charge is 0.352 e. The van der Waals surface area contributed by atoms with Gasteiger partial charge in [-0.1, -0.05) is 25.5 Å². The highest BCUT2D eigenvalue weighted by Crippen LogP contribution is 2.11. The molecule has 1 aromatic heterocycles. The molecule has 0 aliphatic heterocycles. The molecule has 21 heavy (non-hydrogen) atoms. The standard InChI is InChI=1S/C16H21N3O2/c1-4-6-12(3)18-14(20)9-19-10-17-15-11(2)7-5-8-13(15)16(19)21/h5,7-8,10,12H,4,6,9H2,1-3H3,(H,18,20)/t12-/m1/s1. The number of carbonyl (C=O) groups excluding carboxylic acids is 1. The van der Waals surface area contributed by atoms with Crippen LogP contribution in [0.1, 0.15) is 32.3 Å². The number of nitrogens with zero attached hydrogens (tertiary/aromatic N) is 2. The maximum atomic E-state index is 12.4. The van der Waals surface area contributed by atoms with Gasteiger partial charge in [-0.3, -0.25) is 14.2 Å². The van der Waals surface area contributed by atoms with Crippen molar-refractivity contribution < 1.29 is 4.79 Å². The molecule has 1 N–H and O–H groups in total. The number of hydrogen-bond donors (Lipinski definition) is 1. The van der Waals surface area contributed by atoms with Crippen LogP contribution in [0.3, 0.4) is 0 Å². The molecule has 1 amide bonds. The number of fused-ring (bicyclic) bond motifs is 1. The summed E-state index contributed by atoms with van der Waals surface area (Å²) in [6.07, 6.45) is 3.38. The number of nitrogens with one attached hydrogen (secondary N) is 1. The molecular formula is C16H21N3O2. The van der Waals surface area contributed by atoms with Crippen molar-refractivity contribution in [1.82, 2.24) is 14.9 Å². The second-order valence-electron chi connectivity index (χ2n) is 5.41. The molecule has 0 saturated heterocycles. The molecular weight excluding hydrogens is 266 g/mol. The molecule has 1 atom stereocenters. The van der Waals surface area contributed by atoms with Gasteiger partial charge in [-0.05, 0) is 31.9 Å². The van der Waals surface area contributed by atoms with Gasteiger partial charge in [0.15, 0.2) is 0 Å². The molecule has 0 aliphatic carbocycles. The third kappa shape index (κ3) is 3.48. The summed E-state index contributed by atoms with van der Waals surface area (Å²) < 4.78 is 1.36. The fraction of sp³-hybridized carbons (Fsp3) is 0.438. The maximum absolute atomic E-state index is 12.4. The minimum atomic E-state index is -0.179. The van der Waals surface area contributed by atoms with Gasteiger partial charge in [-0.15, -0.1) is 0 Å². The second-order valence-corrected chi connectivity index (χ2v) is 5.41. The third-order valence-electron chi connectivity index (χ3n) is 3.50. The highest BCUT2D eigenvalue weighted by atomic mass is 16.2. The van der Waals surface area contributed by atoms with Crippen LogP contribution in [-0.4, -0.2) is 21.5 Å². The molecule has 1 heterocycles. The monoisotopic (exact) mass is 287 g/mol. The summed E-state index contributed by atoms with van der Waals surface area (Å²) in [7, 11) is 0. The van der Waals surface area contributed by atoms with Gasteiger partial charge in [-0.25, -0.2) is 4.98 Å². The van der Waals surface area contributed by atoms with Gasteiger partial charge in [0.1, 0.15) is 6.54 Å². The van der Waals surface area contributed by atoms with Gasteiger partial charge < -0.3 is 5.32 Å². The van der Waals surface area contributed by atoms with Crippen molar-refractivity contribution in [2.24, 2.45) is 0 Å². The van der Waals surface area contributed by atoms with Crippen molar-refractivity contribution in [3.05, 3.63) is 40.4 Å². The Hall–Kier alpha value is -2.17. The number of aryl methyl sites for hydroxylation is 1. The molecule has 0 aliphatic rings. The second kappa shape index (κ2) is 6.52. The topological polar surface area (TPSA) is 64.0 Å². The first-order valence-electron chi connectivity index (χ1n) is 7.27. The van der Waals surface area contributed by atoms with Crippen LogP contribution in [0.15, 0.2) is 29.3 Å².